The quantitative estimate of drug-likeness (QED) is 0.792. The van der Waals surface area contributed by atoms with Gasteiger partial charge in [-0.3, -0.25) is 4.79 Å². The lowest BCUT2D eigenvalue weighted by Gasteiger charge is -2.20. The van der Waals surface area contributed by atoms with Gasteiger partial charge in [-0.05, 0) is 42.2 Å². The number of halogens is 4. The van der Waals surface area contributed by atoms with E-state index < -0.39 is 29.1 Å². The standard InChI is InChI=1S/C19H17F4NO2/c20-13-7-5-12(6-8-13)18(9-10-18)17(26)24-11-16(25)14-3-1-2-4-15(14)19(21,22)23/h1-8,16,25H,9-11H2,(H,24,26)/t16-/m0/s1. The number of alkyl halides is 3. The number of carbonyl (C=O) groups excluding carboxylic acids is 1. The summed E-state index contributed by atoms with van der Waals surface area (Å²) in [4.78, 5) is 12.5. The highest BCUT2D eigenvalue weighted by molar-refractivity contribution is 5.91. The number of benzene rings is 2. The highest BCUT2D eigenvalue weighted by Gasteiger charge is 2.51. The molecule has 7 heteroatoms. The van der Waals surface area contributed by atoms with Crippen molar-refractivity contribution < 1.29 is 27.5 Å². The zero-order valence-electron chi connectivity index (χ0n) is 13.7. The molecule has 0 aromatic heterocycles. The van der Waals surface area contributed by atoms with E-state index in [1.807, 2.05) is 0 Å². The molecule has 3 nitrogen and oxygen atoms in total. The number of carbonyl (C=O) groups is 1. The van der Waals surface area contributed by atoms with Gasteiger partial charge in [0.05, 0.1) is 17.1 Å². The molecule has 0 saturated heterocycles. The lowest BCUT2D eigenvalue weighted by Crippen LogP contribution is -2.37. The van der Waals surface area contributed by atoms with E-state index in [0.717, 1.165) is 6.07 Å². The predicted octanol–water partition coefficient (Wildman–Crippen LogP) is 3.73. The molecule has 1 aliphatic carbocycles. The molecule has 1 atom stereocenters. The van der Waals surface area contributed by atoms with Crippen LogP contribution in [0.15, 0.2) is 48.5 Å². The minimum absolute atomic E-state index is 0.285. The highest BCUT2D eigenvalue weighted by Crippen LogP contribution is 2.48. The molecule has 0 radical (unpaired) electrons. The van der Waals surface area contributed by atoms with Gasteiger partial charge < -0.3 is 10.4 Å². The van der Waals surface area contributed by atoms with Crippen LogP contribution in [-0.4, -0.2) is 17.6 Å². The van der Waals surface area contributed by atoms with E-state index in [0.29, 0.717) is 18.4 Å². The van der Waals surface area contributed by atoms with E-state index in [9.17, 15) is 27.5 Å². The summed E-state index contributed by atoms with van der Waals surface area (Å²) in [6.07, 6.45) is -4.94. The molecule has 0 aliphatic heterocycles. The molecule has 2 aromatic carbocycles. The van der Waals surface area contributed by atoms with Crippen molar-refractivity contribution in [2.75, 3.05) is 6.54 Å². The number of amides is 1. The Morgan fingerprint density at radius 2 is 1.73 bits per heavy atom. The molecule has 3 rings (SSSR count). The molecule has 2 N–H and O–H groups in total. The second kappa shape index (κ2) is 6.72. The molecule has 138 valence electrons. The number of aliphatic hydroxyl groups excluding tert-OH is 1. The van der Waals surface area contributed by atoms with E-state index in [2.05, 4.69) is 5.32 Å². The van der Waals surface area contributed by atoms with Crippen molar-refractivity contribution in [3.05, 3.63) is 71.0 Å². The fraction of sp³-hybridized carbons (Fsp3) is 0.316. The van der Waals surface area contributed by atoms with Crippen molar-refractivity contribution in [2.24, 2.45) is 0 Å². The Hall–Kier alpha value is -2.41. The number of hydrogen-bond donors (Lipinski definition) is 2. The van der Waals surface area contributed by atoms with Crippen molar-refractivity contribution in [3.8, 4) is 0 Å². The van der Waals surface area contributed by atoms with Crippen LogP contribution in [0.4, 0.5) is 17.6 Å². The normalized spacial score (nSPS) is 16.8. The van der Waals surface area contributed by atoms with Gasteiger partial charge in [0.1, 0.15) is 5.82 Å². The number of rotatable bonds is 5. The van der Waals surface area contributed by atoms with Gasteiger partial charge in [-0.1, -0.05) is 30.3 Å². The van der Waals surface area contributed by atoms with Gasteiger partial charge >= 0.3 is 6.18 Å². The van der Waals surface area contributed by atoms with Gasteiger partial charge in [0.15, 0.2) is 0 Å². The maximum absolute atomic E-state index is 13.0. The minimum atomic E-state index is -4.59. The first kappa shape index (κ1) is 18.4. The Kier molecular flexibility index (Phi) is 4.75. The molecule has 26 heavy (non-hydrogen) atoms. The Morgan fingerprint density at radius 3 is 2.31 bits per heavy atom. The fourth-order valence-electron chi connectivity index (χ4n) is 3.06. The summed E-state index contributed by atoms with van der Waals surface area (Å²) in [7, 11) is 0. The van der Waals surface area contributed by atoms with Gasteiger partial charge in [-0.25, -0.2) is 4.39 Å². The van der Waals surface area contributed by atoms with E-state index in [1.165, 1.54) is 42.5 Å². The van der Waals surface area contributed by atoms with Crippen molar-refractivity contribution in [2.45, 2.75) is 30.5 Å². The Morgan fingerprint density at radius 1 is 1.12 bits per heavy atom. The monoisotopic (exact) mass is 367 g/mol. The summed E-state index contributed by atoms with van der Waals surface area (Å²) in [5, 5.41) is 12.7. The molecule has 0 spiro atoms. The molecule has 0 heterocycles. The lowest BCUT2D eigenvalue weighted by molar-refractivity contribution is -0.139. The van der Waals surface area contributed by atoms with Crippen LogP contribution in [0.2, 0.25) is 0 Å². The van der Waals surface area contributed by atoms with Crippen molar-refractivity contribution in [1.29, 1.82) is 0 Å². The topological polar surface area (TPSA) is 49.3 Å². The van der Waals surface area contributed by atoms with Gasteiger partial charge in [0, 0.05) is 6.54 Å². The van der Waals surface area contributed by atoms with Gasteiger partial charge in [-0.2, -0.15) is 13.2 Å². The molecular weight excluding hydrogens is 350 g/mol. The SMILES string of the molecule is O=C(NC[C@H](O)c1ccccc1C(F)(F)F)C1(c2ccc(F)cc2)CC1. The highest BCUT2D eigenvalue weighted by atomic mass is 19.4. The average Bonchev–Trinajstić information content (AvgIpc) is 3.41. The Bertz CT molecular complexity index is 798. The molecule has 1 saturated carbocycles. The van der Waals surface area contributed by atoms with Crippen LogP contribution in [0.5, 0.6) is 0 Å². The van der Waals surface area contributed by atoms with Crippen molar-refractivity contribution >= 4 is 5.91 Å². The van der Waals surface area contributed by atoms with E-state index in [-0.39, 0.29) is 18.0 Å². The summed E-state index contributed by atoms with van der Waals surface area (Å²) >= 11 is 0. The molecule has 2 aromatic rings. The fourth-order valence-corrected chi connectivity index (χ4v) is 3.06. The summed E-state index contributed by atoms with van der Waals surface area (Å²) in [6.45, 7) is -0.338. The summed E-state index contributed by atoms with van der Waals surface area (Å²) < 4.78 is 52.1. The third kappa shape index (κ3) is 3.58. The smallest absolute Gasteiger partial charge is 0.387 e. The van der Waals surface area contributed by atoms with Crippen molar-refractivity contribution in [3.63, 3.8) is 0 Å². The molecule has 1 amide bonds. The summed E-state index contributed by atoms with van der Waals surface area (Å²) in [6, 6.07) is 10.3. The molecule has 0 unspecified atom stereocenters. The van der Waals surface area contributed by atoms with E-state index in [1.54, 1.807) is 0 Å². The van der Waals surface area contributed by atoms with Crippen LogP contribution in [0.3, 0.4) is 0 Å². The van der Waals surface area contributed by atoms with Gasteiger partial charge in [-0.15, -0.1) is 0 Å². The van der Waals surface area contributed by atoms with Crippen LogP contribution >= 0.6 is 0 Å². The lowest BCUT2D eigenvalue weighted by atomic mass is 9.94. The Labute approximate surface area is 147 Å². The molecule has 1 aliphatic rings. The van der Waals surface area contributed by atoms with Gasteiger partial charge in [0.2, 0.25) is 5.91 Å². The van der Waals surface area contributed by atoms with Crippen LogP contribution < -0.4 is 5.32 Å². The number of hydrogen-bond acceptors (Lipinski definition) is 2. The molecular formula is C19H17F4NO2. The number of nitrogens with one attached hydrogen (secondary N) is 1. The maximum atomic E-state index is 13.0. The first-order chi connectivity index (χ1) is 12.2. The second-order valence-corrected chi connectivity index (χ2v) is 6.40. The zero-order valence-corrected chi connectivity index (χ0v) is 13.7. The molecule has 1 fully saturated rings. The van der Waals surface area contributed by atoms with E-state index in [4.69, 9.17) is 0 Å². The van der Waals surface area contributed by atoms with Crippen LogP contribution in [0.1, 0.15) is 35.6 Å². The summed E-state index contributed by atoms with van der Waals surface area (Å²) in [5.41, 5.74) is -1.35. The minimum Gasteiger partial charge on any atom is -0.387 e. The third-order valence-electron chi connectivity index (χ3n) is 4.66. The largest absolute Gasteiger partial charge is 0.416 e. The first-order valence-electron chi connectivity index (χ1n) is 8.12. The summed E-state index contributed by atoms with van der Waals surface area (Å²) in [5.74, 6) is -0.795. The first-order valence-corrected chi connectivity index (χ1v) is 8.12. The Balaban J connectivity index is 1.70. The van der Waals surface area contributed by atoms with Gasteiger partial charge in [0.25, 0.3) is 0 Å². The maximum Gasteiger partial charge on any atom is 0.416 e. The van der Waals surface area contributed by atoms with E-state index >= 15 is 0 Å². The van der Waals surface area contributed by atoms with Crippen LogP contribution in [-0.2, 0) is 16.4 Å². The predicted molar refractivity (Wildman–Crippen MR) is 86.7 cm³/mol. The van der Waals surface area contributed by atoms with Crippen LogP contribution in [0.25, 0.3) is 0 Å². The number of aliphatic hydroxyl groups is 1. The van der Waals surface area contributed by atoms with Crippen molar-refractivity contribution in [1.82, 2.24) is 5.32 Å². The van der Waals surface area contributed by atoms with Crippen LogP contribution in [0, 0.1) is 5.82 Å². The third-order valence-corrected chi connectivity index (χ3v) is 4.66. The zero-order chi connectivity index (χ0) is 18.9. The second-order valence-electron chi connectivity index (χ2n) is 6.40. The average molecular weight is 367 g/mol. The molecule has 0 bridgehead atoms.